The maximum atomic E-state index is 12.7. The molecule has 19 heavy (non-hydrogen) atoms. The molecule has 0 aliphatic heterocycles. The molecule has 1 heterocycles. The third kappa shape index (κ3) is 4.29. The number of nitrogens with zero attached hydrogens (tertiary/aromatic N) is 1. The van der Waals surface area contributed by atoms with Gasteiger partial charge in [0.2, 0.25) is 5.88 Å². The van der Waals surface area contributed by atoms with Crippen molar-refractivity contribution in [1.29, 1.82) is 0 Å². The first-order valence-corrected chi connectivity index (χ1v) is 6.45. The van der Waals surface area contributed by atoms with Gasteiger partial charge >= 0.3 is 6.18 Å². The molecule has 0 unspecified atom stereocenters. The second kappa shape index (κ2) is 5.67. The summed E-state index contributed by atoms with van der Waals surface area (Å²) >= 11 is 0. The summed E-state index contributed by atoms with van der Waals surface area (Å²) < 4.78 is 43.5. The fourth-order valence-electron chi connectivity index (χ4n) is 1.75. The van der Waals surface area contributed by atoms with Crippen LogP contribution >= 0.6 is 0 Å². The molecule has 0 radical (unpaired) electrons. The zero-order valence-electron chi connectivity index (χ0n) is 10.8. The van der Waals surface area contributed by atoms with Crippen molar-refractivity contribution in [2.75, 3.05) is 18.5 Å². The number of ether oxygens (including phenoxy) is 1. The van der Waals surface area contributed by atoms with Crippen LogP contribution in [0.25, 0.3) is 0 Å². The highest BCUT2D eigenvalue weighted by molar-refractivity contribution is 5.42. The Bertz CT molecular complexity index is 430. The summed E-state index contributed by atoms with van der Waals surface area (Å²) in [5.74, 6) is 0.907. The van der Waals surface area contributed by atoms with E-state index >= 15 is 0 Å². The molecule has 1 fully saturated rings. The lowest BCUT2D eigenvalue weighted by atomic mass is 10.2. The lowest BCUT2D eigenvalue weighted by Gasteiger charge is -2.12. The van der Waals surface area contributed by atoms with Gasteiger partial charge in [0, 0.05) is 12.6 Å². The van der Waals surface area contributed by atoms with E-state index in [9.17, 15) is 13.2 Å². The number of anilines is 1. The van der Waals surface area contributed by atoms with Crippen molar-refractivity contribution in [2.24, 2.45) is 5.92 Å². The van der Waals surface area contributed by atoms with Gasteiger partial charge in [-0.15, -0.1) is 0 Å². The molecule has 6 heteroatoms. The summed E-state index contributed by atoms with van der Waals surface area (Å²) in [4.78, 5) is 4.02. The van der Waals surface area contributed by atoms with E-state index in [4.69, 9.17) is 4.74 Å². The standard InChI is InChI=1S/C13H17F3N2O/c1-2-17-11-7-10(13(14,15)16)8-12(18-11)19-6-5-9-3-4-9/h7-9H,2-6H2,1H3,(H,17,18). The molecule has 1 aliphatic carbocycles. The Balaban J connectivity index is 2.08. The quantitative estimate of drug-likeness (QED) is 0.858. The second-order valence-corrected chi connectivity index (χ2v) is 4.69. The Morgan fingerprint density at radius 2 is 2.11 bits per heavy atom. The van der Waals surface area contributed by atoms with Crippen LogP contribution in [0.2, 0.25) is 0 Å². The van der Waals surface area contributed by atoms with Crippen LogP contribution < -0.4 is 10.1 Å². The van der Waals surface area contributed by atoms with Gasteiger partial charge in [-0.2, -0.15) is 18.2 Å². The fraction of sp³-hybridized carbons (Fsp3) is 0.615. The minimum Gasteiger partial charge on any atom is -0.478 e. The van der Waals surface area contributed by atoms with Crippen molar-refractivity contribution in [3.05, 3.63) is 17.7 Å². The van der Waals surface area contributed by atoms with Gasteiger partial charge in [-0.25, -0.2) is 0 Å². The van der Waals surface area contributed by atoms with Crippen molar-refractivity contribution in [3.8, 4) is 5.88 Å². The molecule has 0 spiro atoms. The summed E-state index contributed by atoms with van der Waals surface area (Å²) in [6, 6.07) is 1.95. The third-order valence-corrected chi connectivity index (χ3v) is 2.96. The highest BCUT2D eigenvalue weighted by Crippen LogP contribution is 2.34. The van der Waals surface area contributed by atoms with Gasteiger partial charge in [0.25, 0.3) is 0 Å². The number of aromatic nitrogens is 1. The maximum absolute atomic E-state index is 12.7. The van der Waals surface area contributed by atoms with Gasteiger partial charge in [-0.05, 0) is 25.3 Å². The van der Waals surface area contributed by atoms with E-state index in [1.807, 2.05) is 0 Å². The van der Waals surface area contributed by atoms with Gasteiger partial charge in [0.05, 0.1) is 12.2 Å². The van der Waals surface area contributed by atoms with Gasteiger partial charge in [-0.3, -0.25) is 0 Å². The molecule has 0 bridgehead atoms. The molecule has 1 aliphatic rings. The first-order chi connectivity index (χ1) is 8.99. The van der Waals surface area contributed by atoms with Gasteiger partial charge < -0.3 is 10.1 Å². The molecule has 0 saturated heterocycles. The highest BCUT2D eigenvalue weighted by Gasteiger charge is 2.32. The minimum atomic E-state index is -4.39. The number of alkyl halides is 3. The summed E-state index contributed by atoms with van der Waals surface area (Å²) in [7, 11) is 0. The van der Waals surface area contributed by atoms with E-state index in [2.05, 4.69) is 10.3 Å². The Kier molecular flexibility index (Phi) is 4.17. The van der Waals surface area contributed by atoms with Gasteiger partial charge in [0.1, 0.15) is 5.82 Å². The van der Waals surface area contributed by atoms with Crippen LogP contribution in [-0.2, 0) is 6.18 Å². The largest absolute Gasteiger partial charge is 0.478 e. The number of nitrogens with one attached hydrogen (secondary N) is 1. The second-order valence-electron chi connectivity index (χ2n) is 4.69. The first-order valence-electron chi connectivity index (χ1n) is 6.45. The molecule has 1 aromatic heterocycles. The predicted octanol–water partition coefficient (Wildman–Crippen LogP) is 3.71. The summed E-state index contributed by atoms with van der Waals surface area (Å²) in [5, 5.41) is 2.78. The van der Waals surface area contributed by atoms with Crippen molar-refractivity contribution < 1.29 is 17.9 Å². The van der Waals surface area contributed by atoms with E-state index < -0.39 is 11.7 Å². The van der Waals surface area contributed by atoms with Crippen LogP contribution in [0.5, 0.6) is 5.88 Å². The van der Waals surface area contributed by atoms with E-state index in [0.29, 0.717) is 19.1 Å². The van der Waals surface area contributed by atoms with Crippen molar-refractivity contribution in [1.82, 2.24) is 4.98 Å². The van der Waals surface area contributed by atoms with Gasteiger partial charge in [0.15, 0.2) is 0 Å². The van der Waals surface area contributed by atoms with Crippen molar-refractivity contribution in [2.45, 2.75) is 32.4 Å². The van der Waals surface area contributed by atoms with E-state index in [1.165, 1.54) is 12.8 Å². The molecule has 106 valence electrons. The Morgan fingerprint density at radius 3 is 2.68 bits per heavy atom. The smallest absolute Gasteiger partial charge is 0.416 e. The summed E-state index contributed by atoms with van der Waals surface area (Å²) in [6.45, 7) is 2.73. The molecule has 3 nitrogen and oxygen atoms in total. The molecule has 0 aromatic carbocycles. The van der Waals surface area contributed by atoms with Gasteiger partial charge in [-0.1, -0.05) is 12.8 Å². The lowest BCUT2D eigenvalue weighted by Crippen LogP contribution is -2.10. The third-order valence-electron chi connectivity index (χ3n) is 2.96. The van der Waals surface area contributed by atoms with Crippen molar-refractivity contribution >= 4 is 5.82 Å². The van der Waals surface area contributed by atoms with Crippen LogP contribution in [0.3, 0.4) is 0 Å². The van der Waals surface area contributed by atoms with Crippen LogP contribution in [-0.4, -0.2) is 18.1 Å². The average Bonchev–Trinajstić information content (AvgIpc) is 3.12. The fourth-order valence-corrected chi connectivity index (χ4v) is 1.75. The van der Waals surface area contributed by atoms with E-state index in [1.54, 1.807) is 6.92 Å². The Morgan fingerprint density at radius 1 is 1.37 bits per heavy atom. The molecule has 0 amide bonds. The maximum Gasteiger partial charge on any atom is 0.416 e. The molecule has 1 N–H and O–H groups in total. The highest BCUT2D eigenvalue weighted by atomic mass is 19.4. The van der Waals surface area contributed by atoms with E-state index in [0.717, 1.165) is 18.6 Å². The SMILES string of the molecule is CCNc1cc(C(F)(F)F)cc(OCCC2CC2)n1. The summed E-state index contributed by atoms with van der Waals surface area (Å²) in [5.41, 5.74) is -0.736. The van der Waals surface area contributed by atoms with Crippen LogP contribution in [0.4, 0.5) is 19.0 Å². The average molecular weight is 274 g/mol. The zero-order valence-corrected chi connectivity index (χ0v) is 10.8. The molecular formula is C13H17F3N2O. The van der Waals surface area contributed by atoms with Crippen LogP contribution in [0.15, 0.2) is 12.1 Å². The molecule has 1 saturated carbocycles. The Labute approximate surface area is 110 Å². The molecule has 2 rings (SSSR count). The van der Waals surface area contributed by atoms with Crippen LogP contribution in [0.1, 0.15) is 31.7 Å². The molecule has 1 aromatic rings. The number of hydrogen-bond acceptors (Lipinski definition) is 3. The zero-order chi connectivity index (χ0) is 13.9. The predicted molar refractivity (Wildman–Crippen MR) is 66.2 cm³/mol. The number of rotatable bonds is 6. The minimum absolute atomic E-state index is 0.0337. The Hall–Kier alpha value is -1.46. The number of hydrogen-bond donors (Lipinski definition) is 1. The monoisotopic (exact) mass is 274 g/mol. The number of pyridine rings is 1. The topological polar surface area (TPSA) is 34.1 Å². The number of halogens is 3. The summed E-state index contributed by atoms with van der Waals surface area (Å²) in [6.07, 6.45) is -1.11. The van der Waals surface area contributed by atoms with Crippen molar-refractivity contribution in [3.63, 3.8) is 0 Å². The van der Waals surface area contributed by atoms with Crippen LogP contribution in [0, 0.1) is 5.92 Å². The molecular weight excluding hydrogens is 257 g/mol. The normalized spacial score (nSPS) is 15.4. The lowest BCUT2D eigenvalue weighted by molar-refractivity contribution is -0.137. The molecule has 0 atom stereocenters. The van der Waals surface area contributed by atoms with E-state index in [-0.39, 0.29) is 11.7 Å². The first kappa shape index (κ1) is 14.0.